The van der Waals surface area contributed by atoms with E-state index in [1.807, 2.05) is 18.3 Å². The second-order valence-corrected chi connectivity index (χ2v) is 19.9. The Labute approximate surface area is 417 Å². The Morgan fingerprint density at radius 3 is 2.01 bits per heavy atom. The van der Waals surface area contributed by atoms with Gasteiger partial charge >= 0.3 is 13.8 Å². The maximum absolute atomic E-state index is 5.21. The summed E-state index contributed by atoms with van der Waals surface area (Å²) < 4.78 is 2.40. The minimum absolute atomic E-state index is 0. The standard InChI is InChI=1S/C30H29BN3.C29H29BN3.Ir/c1-19(2)21-14-10-15-22(20(3)4)28(21)31-29-26(17-18-33(31)5)32-30-25-13-7-6-11-23(25)24-12-8-9-16-27(24)34(29)30;1-21-12-11-13-22(2)28(21)30-32(24-14-7-6-8-15-24)25-16-9-10-17-26(25)33(30)27-20-23(18-19-31-27)29(3,4)5;/h6-12,14-20H,1-5H3;6-16,18-20H,1-5H3;/q2*-1;. The molecular weight excluding hydrogens is 1010 g/mol. The molecule has 0 saturated heterocycles. The van der Waals surface area contributed by atoms with Crippen LogP contribution in [0.15, 0.2) is 152 Å². The molecule has 341 valence electrons. The fourth-order valence-electron chi connectivity index (χ4n) is 10.5. The minimum Gasteiger partial charge on any atom is -0.415 e. The third kappa shape index (κ3) is 8.03. The Morgan fingerprint density at radius 2 is 1.31 bits per heavy atom. The first-order valence-electron chi connectivity index (χ1n) is 23.8. The van der Waals surface area contributed by atoms with Gasteiger partial charge < -0.3 is 18.8 Å². The Morgan fingerprint density at radius 1 is 0.662 bits per heavy atom. The van der Waals surface area contributed by atoms with Crippen molar-refractivity contribution in [1.82, 2.24) is 19.2 Å². The third-order valence-corrected chi connectivity index (χ3v) is 13.8. The van der Waals surface area contributed by atoms with E-state index in [1.54, 1.807) is 0 Å². The van der Waals surface area contributed by atoms with E-state index >= 15 is 0 Å². The van der Waals surface area contributed by atoms with Gasteiger partial charge in [0.15, 0.2) is 0 Å². The van der Waals surface area contributed by atoms with Gasteiger partial charge in [-0.15, -0.1) is 35.7 Å². The van der Waals surface area contributed by atoms with Crippen molar-refractivity contribution in [3.8, 4) is 0 Å². The Bertz CT molecular complexity index is 3290. The number of aromatic nitrogens is 3. The molecular formula is C59H58B2IrN6-2. The second kappa shape index (κ2) is 18.6. The summed E-state index contributed by atoms with van der Waals surface area (Å²) in [7, 11) is 2.19. The Balaban J connectivity index is 0.000000168. The van der Waals surface area contributed by atoms with Crippen LogP contribution in [-0.4, -0.2) is 40.1 Å². The number of anilines is 4. The average molecular weight is 1060 g/mol. The topological polar surface area (TPSA) is 39.9 Å². The Kier molecular flexibility index (Phi) is 12.8. The first-order valence-corrected chi connectivity index (χ1v) is 23.8. The summed E-state index contributed by atoms with van der Waals surface area (Å²) in [5.41, 5.74) is 17.2. The van der Waals surface area contributed by atoms with Gasteiger partial charge in [0.25, 0.3) is 0 Å². The van der Waals surface area contributed by atoms with Gasteiger partial charge in [-0.3, -0.25) is 4.98 Å². The van der Waals surface area contributed by atoms with E-state index < -0.39 is 0 Å². The Hall–Kier alpha value is -6.40. The summed E-state index contributed by atoms with van der Waals surface area (Å²) >= 11 is 0. The second-order valence-electron chi connectivity index (χ2n) is 19.9. The summed E-state index contributed by atoms with van der Waals surface area (Å²) in [6.45, 7) is 20.4. The zero-order chi connectivity index (χ0) is 46.7. The summed E-state index contributed by atoms with van der Waals surface area (Å²) in [4.78, 5) is 17.2. The van der Waals surface area contributed by atoms with Gasteiger partial charge in [-0.05, 0) is 114 Å². The molecule has 5 heterocycles. The zero-order valence-corrected chi connectivity index (χ0v) is 43.2. The van der Waals surface area contributed by atoms with Crippen LogP contribution in [0.25, 0.3) is 33.4 Å². The minimum atomic E-state index is -0.0648. The number of pyridine rings is 2. The molecule has 2 aliphatic heterocycles. The number of benzene rings is 6. The molecule has 2 aliphatic rings. The van der Waals surface area contributed by atoms with Crippen molar-refractivity contribution in [2.45, 2.75) is 79.6 Å². The van der Waals surface area contributed by atoms with Crippen molar-refractivity contribution in [1.29, 1.82) is 0 Å². The van der Waals surface area contributed by atoms with Crippen LogP contribution >= 0.6 is 0 Å². The molecule has 3 aromatic heterocycles. The smallest absolute Gasteiger partial charge is 0.409 e. The van der Waals surface area contributed by atoms with Crippen molar-refractivity contribution >= 4 is 86.6 Å². The quantitative estimate of drug-likeness (QED) is 0.0943. The molecule has 0 saturated carbocycles. The third-order valence-electron chi connectivity index (χ3n) is 13.8. The van der Waals surface area contributed by atoms with Gasteiger partial charge in [-0.1, -0.05) is 149 Å². The van der Waals surface area contributed by atoms with E-state index in [0.717, 1.165) is 39.6 Å². The van der Waals surface area contributed by atoms with Gasteiger partial charge in [0, 0.05) is 43.1 Å². The molecule has 9 aromatic rings. The van der Waals surface area contributed by atoms with E-state index in [2.05, 4.69) is 240 Å². The molecule has 0 atom stereocenters. The predicted octanol–water partition coefficient (Wildman–Crippen LogP) is 12.2. The molecule has 68 heavy (non-hydrogen) atoms. The molecule has 6 aromatic carbocycles. The SMILES string of the molecule is CC(C)c1cccc(C(C)C)c1B1c2c(nc3c4[c-]cccc4c4ccccc4n23)C=CN1C.Cc1cccc(C)c1B1N(c2cc(C(C)(C)C)ccn2)c2[c-]cccc2N1c1ccccc1.[Ir]. The number of aryl methyl sites for hydroxylation is 2. The zero-order valence-electron chi connectivity index (χ0n) is 40.8. The molecule has 1 radical (unpaired) electrons. The van der Waals surface area contributed by atoms with Crippen LogP contribution in [0.5, 0.6) is 0 Å². The van der Waals surface area contributed by atoms with E-state index in [1.165, 1.54) is 60.6 Å². The predicted molar refractivity (Wildman–Crippen MR) is 286 cm³/mol. The van der Waals surface area contributed by atoms with Gasteiger partial charge in [-0.25, -0.2) is 4.98 Å². The van der Waals surface area contributed by atoms with Crippen LogP contribution in [0.4, 0.5) is 22.9 Å². The van der Waals surface area contributed by atoms with Crippen LogP contribution < -0.4 is 26.1 Å². The van der Waals surface area contributed by atoms with Crippen LogP contribution in [0, 0.1) is 26.0 Å². The van der Waals surface area contributed by atoms with Crippen molar-refractivity contribution in [3.05, 3.63) is 198 Å². The number of imidazole rings is 1. The van der Waals surface area contributed by atoms with Crippen LogP contribution in [0.1, 0.15) is 93.8 Å². The molecule has 11 rings (SSSR count). The van der Waals surface area contributed by atoms with Crippen molar-refractivity contribution in [3.63, 3.8) is 0 Å². The van der Waals surface area contributed by atoms with Crippen molar-refractivity contribution in [2.24, 2.45) is 0 Å². The first kappa shape index (κ1) is 46.7. The van der Waals surface area contributed by atoms with Crippen LogP contribution in [0.2, 0.25) is 0 Å². The van der Waals surface area contributed by atoms with Crippen LogP contribution in [-0.2, 0) is 25.5 Å². The average Bonchev–Trinajstić information content (AvgIpc) is 3.89. The molecule has 0 N–H and O–H groups in total. The number of hydrogen-bond acceptors (Lipinski definition) is 5. The van der Waals surface area contributed by atoms with Crippen molar-refractivity contribution in [2.75, 3.05) is 16.7 Å². The molecule has 9 heteroatoms. The van der Waals surface area contributed by atoms with Gasteiger partial charge in [0.1, 0.15) is 5.82 Å². The fraction of sp³-hybridized carbons (Fsp3) is 0.220. The summed E-state index contributed by atoms with van der Waals surface area (Å²) in [6.07, 6.45) is 6.29. The molecule has 0 aliphatic carbocycles. The van der Waals surface area contributed by atoms with Gasteiger partial charge in [-0.2, -0.15) is 18.2 Å². The number of hydrogen-bond donors (Lipinski definition) is 0. The van der Waals surface area contributed by atoms with Gasteiger partial charge in [0.2, 0.25) is 0 Å². The van der Waals surface area contributed by atoms with Crippen molar-refractivity contribution < 1.29 is 20.1 Å². The normalized spacial score (nSPS) is 13.4. The molecule has 0 fully saturated rings. The number of fused-ring (bicyclic) bond motifs is 9. The maximum Gasteiger partial charge on any atom is 0.409 e. The van der Waals surface area contributed by atoms with E-state index in [0.29, 0.717) is 11.8 Å². The monoisotopic (exact) mass is 1070 g/mol. The molecule has 0 unspecified atom stereocenters. The maximum atomic E-state index is 5.21. The van der Waals surface area contributed by atoms with Gasteiger partial charge in [0.05, 0.1) is 11.3 Å². The fourth-order valence-corrected chi connectivity index (χ4v) is 10.5. The van der Waals surface area contributed by atoms with E-state index in [-0.39, 0.29) is 39.4 Å². The summed E-state index contributed by atoms with van der Waals surface area (Å²) in [5, 5.41) is 3.51. The largest absolute Gasteiger partial charge is 0.415 e. The van der Waals surface area contributed by atoms with E-state index in [9.17, 15) is 0 Å². The number of nitrogens with zero attached hydrogens (tertiary/aromatic N) is 6. The molecule has 0 bridgehead atoms. The first-order chi connectivity index (χ1) is 32.3. The summed E-state index contributed by atoms with van der Waals surface area (Å²) in [5.74, 6) is 1.81. The molecule has 6 nitrogen and oxygen atoms in total. The molecule has 0 amide bonds. The molecule has 0 spiro atoms. The van der Waals surface area contributed by atoms with Crippen LogP contribution in [0.3, 0.4) is 0 Å². The number of para-hydroxylation sites is 3. The van der Waals surface area contributed by atoms with E-state index in [4.69, 9.17) is 9.97 Å². The summed E-state index contributed by atoms with van der Waals surface area (Å²) in [6, 6.07) is 56.6. The number of rotatable bonds is 6.